The van der Waals surface area contributed by atoms with Crippen LogP contribution in [0.4, 0.5) is 5.82 Å². The molecule has 1 saturated heterocycles. The molecular formula is C16H20ClN6O+. The highest BCUT2D eigenvalue weighted by molar-refractivity contribution is 6.31. The van der Waals surface area contributed by atoms with Crippen molar-refractivity contribution >= 4 is 34.1 Å². The monoisotopic (exact) mass is 347 g/mol. The maximum atomic E-state index is 6.14. The normalized spacial score (nSPS) is 16.1. The van der Waals surface area contributed by atoms with Crippen molar-refractivity contribution in [2.24, 2.45) is 7.05 Å². The number of aromatic nitrogens is 4. The lowest BCUT2D eigenvalue weighted by Gasteiger charge is -2.26. The highest BCUT2D eigenvalue weighted by Crippen LogP contribution is 2.19. The van der Waals surface area contributed by atoms with Crippen molar-refractivity contribution in [3.05, 3.63) is 29.5 Å². The molecule has 1 aromatic carbocycles. The summed E-state index contributed by atoms with van der Waals surface area (Å²) in [6, 6.07) is 5.71. The van der Waals surface area contributed by atoms with Crippen molar-refractivity contribution in [1.29, 1.82) is 0 Å². The predicted octanol–water partition coefficient (Wildman–Crippen LogP) is 1.10. The first-order valence-electron chi connectivity index (χ1n) is 8.09. The van der Waals surface area contributed by atoms with Crippen molar-refractivity contribution in [3.8, 4) is 0 Å². The number of hydrogen-bond acceptors (Lipinski definition) is 5. The summed E-state index contributed by atoms with van der Waals surface area (Å²) >= 11 is 6.14. The van der Waals surface area contributed by atoms with Gasteiger partial charge in [0.2, 0.25) is 12.1 Å². The summed E-state index contributed by atoms with van der Waals surface area (Å²) in [6.45, 7) is 5.38. The average Bonchev–Trinajstić information content (AvgIpc) is 2.98. The van der Waals surface area contributed by atoms with Crippen LogP contribution in [-0.4, -0.2) is 59.1 Å². The second kappa shape index (κ2) is 6.51. The van der Waals surface area contributed by atoms with Gasteiger partial charge in [0.15, 0.2) is 0 Å². The fourth-order valence-corrected chi connectivity index (χ4v) is 3.18. The quantitative estimate of drug-likeness (QED) is 0.716. The molecule has 1 aliphatic rings. The highest BCUT2D eigenvalue weighted by atomic mass is 35.5. The molecule has 1 aliphatic heterocycles. The molecule has 0 atom stereocenters. The number of fused-ring (bicyclic) bond motifs is 3. The lowest BCUT2D eigenvalue weighted by atomic mass is 10.3. The third-order valence-corrected chi connectivity index (χ3v) is 4.46. The Hall–Kier alpha value is -1.96. The van der Waals surface area contributed by atoms with Gasteiger partial charge in [-0.3, -0.25) is 4.90 Å². The van der Waals surface area contributed by atoms with Crippen molar-refractivity contribution in [2.75, 3.05) is 44.7 Å². The van der Waals surface area contributed by atoms with Gasteiger partial charge in [0.05, 0.1) is 20.3 Å². The molecule has 0 spiro atoms. The van der Waals surface area contributed by atoms with Crippen molar-refractivity contribution in [3.63, 3.8) is 0 Å². The van der Waals surface area contributed by atoms with Crippen LogP contribution >= 0.6 is 11.6 Å². The molecule has 0 radical (unpaired) electrons. The fourth-order valence-electron chi connectivity index (χ4n) is 3.01. The van der Waals surface area contributed by atoms with Crippen LogP contribution in [0.1, 0.15) is 0 Å². The van der Waals surface area contributed by atoms with Gasteiger partial charge in [-0.1, -0.05) is 11.6 Å². The number of nitrogens with zero attached hydrogens (tertiary/aromatic N) is 5. The number of aryl methyl sites for hydroxylation is 1. The average molecular weight is 348 g/mol. The summed E-state index contributed by atoms with van der Waals surface area (Å²) in [6.07, 6.45) is 1.93. The molecule has 0 unspecified atom stereocenters. The van der Waals surface area contributed by atoms with E-state index in [1.165, 1.54) is 0 Å². The van der Waals surface area contributed by atoms with Crippen molar-refractivity contribution in [1.82, 2.24) is 19.7 Å². The van der Waals surface area contributed by atoms with E-state index in [1.54, 1.807) is 4.68 Å². The van der Waals surface area contributed by atoms with E-state index in [4.69, 9.17) is 21.3 Å². The Balaban J connectivity index is 1.62. The predicted molar refractivity (Wildman–Crippen MR) is 92.4 cm³/mol. The van der Waals surface area contributed by atoms with Crippen LogP contribution < -0.4 is 9.72 Å². The SMILES string of the molecule is Cn1c[n+]2c(n1)c(NCCN1CCOCC1)nc1ccc(Cl)cc12. The van der Waals surface area contributed by atoms with Crippen LogP contribution in [0.15, 0.2) is 24.5 Å². The molecule has 2 aromatic heterocycles. The van der Waals surface area contributed by atoms with Crippen LogP contribution in [0.3, 0.4) is 0 Å². The van der Waals surface area contributed by atoms with Gasteiger partial charge in [0, 0.05) is 36.3 Å². The molecule has 3 heterocycles. The van der Waals surface area contributed by atoms with E-state index in [0.29, 0.717) is 5.02 Å². The Bertz CT molecular complexity index is 874. The molecule has 0 amide bonds. The number of rotatable bonds is 4. The Morgan fingerprint density at radius 1 is 1.33 bits per heavy atom. The molecule has 8 heteroatoms. The molecule has 1 fully saturated rings. The van der Waals surface area contributed by atoms with Gasteiger partial charge in [0.1, 0.15) is 11.0 Å². The topological polar surface area (TPSA) is 59.3 Å². The Labute approximate surface area is 144 Å². The minimum absolute atomic E-state index is 0.690. The maximum absolute atomic E-state index is 6.14. The Kier molecular flexibility index (Phi) is 4.22. The van der Waals surface area contributed by atoms with Gasteiger partial charge in [0.25, 0.3) is 0 Å². The third-order valence-electron chi connectivity index (χ3n) is 4.23. The minimum atomic E-state index is 0.690. The second-order valence-electron chi connectivity index (χ2n) is 5.96. The number of anilines is 1. The first kappa shape index (κ1) is 15.6. The second-order valence-corrected chi connectivity index (χ2v) is 6.39. The zero-order valence-corrected chi connectivity index (χ0v) is 14.3. The summed E-state index contributed by atoms with van der Waals surface area (Å²) in [4.78, 5) is 7.12. The lowest BCUT2D eigenvalue weighted by molar-refractivity contribution is -0.482. The van der Waals surface area contributed by atoms with Gasteiger partial charge >= 0.3 is 5.65 Å². The molecule has 3 aromatic rings. The number of ether oxygens (including phenoxy) is 1. The number of benzene rings is 1. The largest absolute Gasteiger partial charge is 0.379 e. The summed E-state index contributed by atoms with van der Waals surface area (Å²) in [5.41, 5.74) is 2.64. The van der Waals surface area contributed by atoms with Crippen LogP contribution in [-0.2, 0) is 11.8 Å². The molecule has 4 rings (SSSR count). The van der Waals surface area contributed by atoms with E-state index in [2.05, 4.69) is 15.3 Å². The summed E-state index contributed by atoms with van der Waals surface area (Å²) < 4.78 is 9.18. The van der Waals surface area contributed by atoms with E-state index in [-0.39, 0.29) is 0 Å². The molecule has 0 saturated carbocycles. The third kappa shape index (κ3) is 3.02. The van der Waals surface area contributed by atoms with Gasteiger partial charge in [-0.05, 0) is 18.2 Å². The summed E-state index contributed by atoms with van der Waals surface area (Å²) in [5, 5.41) is 8.66. The summed E-state index contributed by atoms with van der Waals surface area (Å²) in [5.74, 6) is 0.790. The highest BCUT2D eigenvalue weighted by Gasteiger charge is 2.19. The van der Waals surface area contributed by atoms with E-state index >= 15 is 0 Å². The lowest BCUT2D eigenvalue weighted by Crippen LogP contribution is -2.39. The van der Waals surface area contributed by atoms with E-state index in [0.717, 1.165) is 61.9 Å². The molecule has 0 bridgehead atoms. The number of hydrogen-bond donors (Lipinski definition) is 1. The van der Waals surface area contributed by atoms with Gasteiger partial charge in [-0.25, -0.2) is 4.98 Å². The Morgan fingerprint density at radius 2 is 2.17 bits per heavy atom. The van der Waals surface area contributed by atoms with Gasteiger partial charge < -0.3 is 10.1 Å². The molecule has 126 valence electrons. The summed E-state index contributed by atoms with van der Waals surface area (Å²) in [7, 11) is 1.90. The standard InChI is InChI=1S/C16H20ClN6O/c1-21-11-23-14-10-12(17)2-3-13(14)19-15(16(23)20-21)18-4-5-22-6-8-24-9-7-22/h2-3,10-11H,4-9H2,1H3,(H,18,19)/q+1. The van der Waals surface area contributed by atoms with E-state index < -0.39 is 0 Å². The van der Waals surface area contributed by atoms with Crippen LogP contribution in [0, 0.1) is 0 Å². The molecule has 7 nitrogen and oxygen atoms in total. The van der Waals surface area contributed by atoms with Crippen molar-refractivity contribution < 1.29 is 9.14 Å². The van der Waals surface area contributed by atoms with Crippen LogP contribution in [0.5, 0.6) is 0 Å². The number of morpholine rings is 1. The van der Waals surface area contributed by atoms with Crippen molar-refractivity contribution in [2.45, 2.75) is 0 Å². The van der Waals surface area contributed by atoms with E-state index in [1.807, 2.05) is 36.0 Å². The minimum Gasteiger partial charge on any atom is -0.379 e. The van der Waals surface area contributed by atoms with Gasteiger partial charge in [-0.2, -0.15) is 4.40 Å². The fraction of sp³-hybridized carbons (Fsp3) is 0.438. The molecule has 1 N–H and O–H groups in total. The Morgan fingerprint density at radius 3 is 3.00 bits per heavy atom. The first-order valence-corrected chi connectivity index (χ1v) is 8.47. The molecule has 24 heavy (non-hydrogen) atoms. The molecular weight excluding hydrogens is 328 g/mol. The van der Waals surface area contributed by atoms with Gasteiger partial charge in [-0.15, -0.1) is 4.68 Å². The number of halogens is 1. The van der Waals surface area contributed by atoms with E-state index in [9.17, 15) is 0 Å². The van der Waals surface area contributed by atoms with Crippen LogP contribution in [0.2, 0.25) is 5.02 Å². The molecule has 0 aliphatic carbocycles. The first-order chi connectivity index (χ1) is 11.7. The maximum Gasteiger partial charge on any atom is 0.349 e. The zero-order valence-electron chi connectivity index (χ0n) is 13.6. The zero-order chi connectivity index (χ0) is 16.5. The van der Waals surface area contributed by atoms with Crippen LogP contribution in [0.25, 0.3) is 16.7 Å². The smallest absolute Gasteiger partial charge is 0.349 e. The number of nitrogens with one attached hydrogen (secondary N) is 1.